The highest BCUT2D eigenvalue weighted by molar-refractivity contribution is 7.80. The van der Waals surface area contributed by atoms with Gasteiger partial charge in [-0.1, -0.05) is 13.8 Å². The van der Waals surface area contributed by atoms with Crippen LogP contribution in [0.3, 0.4) is 0 Å². The van der Waals surface area contributed by atoms with E-state index in [1.165, 1.54) is 0 Å². The molecule has 0 unspecified atom stereocenters. The molecule has 0 nitrogen and oxygen atoms in total. The molecule has 0 aliphatic heterocycles. The minimum Gasteiger partial charge on any atom is -0.180 e. The van der Waals surface area contributed by atoms with Gasteiger partial charge in [0.2, 0.25) is 0 Å². The lowest BCUT2D eigenvalue weighted by Crippen LogP contribution is -1.36. The number of hydrogen-bond donors (Lipinski definition) is 2. The van der Waals surface area contributed by atoms with Crippen LogP contribution in [0.4, 0.5) is 0 Å². The van der Waals surface area contributed by atoms with E-state index in [1.54, 1.807) is 0 Å². The molecule has 0 fully saturated rings. The summed E-state index contributed by atoms with van der Waals surface area (Å²) in [4.78, 5) is 0. The summed E-state index contributed by atoms with van der Waals surface area (Å²) in [6.45, 7) is 3.98. The molecule has 2 heteroatoms. The maximum Gasteiger partial charge on any atom is -0.0126 e. The van der Waals surface area contributed by atoms with E-state index in [1.807, 2.05) is 13.8 Å². The second kappa shape index (κ2) is 17.3. The molecule has 0 heterocycles. The predicted octanol–water partition coefficient (Wildman–Crippen LogP) is 1.87. The van der Waals surface area contributed by atoms with Crippen LogP contribution < -0.4 is 0 Å². The fourth-order valence-electron chi connectivity index (χ4n) is 0. The first kappa shape index (κ1) is 9.85. The van der Waals surface area contributed by atoms with Crippen LogP contribution >= 0.6 is 25.3 Å². The molecule has 0 radical (unpaired) electrons. The fraction of sp³-hybridized carbons (Fsp3) is 1.00. The van der Waals surface area contributed by atoms with E-state index in [0.717, 1.165) is 11.5 Å². The Hall–Kier alpha value is 0.700. The van der Waals surface area contributed by atoms with E-state index < -0.39 is 0 Å². The predicted molar refractivity (Wildman–Crippen MR) is 39.1 cm³/mol. The Bertz CT molecular complexity index is 7.51. The van der Waals surface area contributed by atoms with Crippen molar-refractivity contribution in [2.24, 2.45) is 0 Å². The van der Waals surface area contributed by atoms with Crippen molar-refractivity contribution < 1.29 is 0 Å². The minimum atomic E-state index is 0.944. The lowest BCUT2D eigenvalue weighted by molar-refractivity contribution is 1.54. The third-order valence-electron chi connectivity index (χ3n) is 0. The van der Waals surface area contributed by atoms with Gasteiger partial charge in [0.1, 0.15) is 0 Å². The van der Waals surface area contributed by atoms with Crippen molar-refractivity contribution in [1.29, 1.82) is 0 Å². The molecule has 40 valence electrons. The zero-order valence-electron chi connectivity index (χ0n) is 4.31. The van der Waals surface area contributed by atoms with Gasteiger partial charge in [0.15, 0.2) is 0 Å². The Morgan fingerprint density at radius 2 is 1.00 bits per heavy atom. The van der Waals surface area contributed by atoms with Crippen LogP contribution in [0.15, 0.2) is 0 Å². The molecule has 0 bridgehead atoms. The summed E-state index contributed by atoms with van der Waals surface area (Å²) >= 11 is 7.58. The normalized spacial score (nSPS) is 6.00. The summed E-state index contributed by atoms with van der Waals surface area (Å²) in [6, 6.07) is 0. The molecular formula is C4H12S2. The summed E-state index contributed by atoms with van der Waals surface area (Å²) in [7, 11) is 0. The first-order chi connectivity index (χ1) is 2.83. The molecule has 0 saturated carbocycles. The molecule has 0 aliphatic rings. The smallest absolute Gasteiger partial charge is 0.0126 e. The lowest BCUT2D eigenvalue weighted by atomic mass is 11.0. The van der Waals surface area contributed by atoms with Gasteiger partial charge in [0.25, 0.3) is 0 Å². The Labute approximate surface area is 51.2 Å². The van der Waals surface area contributed by atoms with E-state index in [-0.39, 0.29) is 0 Å². The first-order valence-electron chi connectivity index (χ1n) is 2.05. The first-order valence-corrected chi connectivity index (χ1v) is 3.31. The Morgan fingerprint density at radius 1 is 1.00 bits per heavy atom. The molecule has 6 heavy (non-hydrogen) atoms. The molecule has 0 rings (SSSR count). The third kappa shape index (κ3) is 131. The second-order valence-corrected chi connectivity index (χ2v) is 1.90. The lowest BCUT2D eigenvalue weighted by Gasteiger charge is -1.48. The Kier molecular flexibility index (Phi) is 28.4. The molecule has 0 aromatic heterocycles. The quantitative estimate of drug-likeness (QED) is 0.453. The van der Waals surface area contributed by atoms with Gasteiger partial charge >= 0.3 is 0 Å². The zero-order valence-corrected chi connectivity index (χ0v) is 6.10. The van der Waals surface area contributed by atoms with E-state index in [2.05, 4.69) is 25.3 Å². The van der Waals surface area contributed by atoms with Crippen molar-refractivity contribution in [3.05, 3.63) is 0 Å². The molecule has 0 aliphatic carbocycles. The van der Waals surface area contributed by atoms with Gasteiger partial charge in [-0.15, -0.1) is 0 Å². The Balaban J connectivity index is 0. The van der Waals surface area contributed by atoms with Crippen LogP contribution in [-0.2, 0) is 0 Å². The molecule has 0 spiro atoms. The van der Waals surface area contributed by atoms with E-state index >= 15 is 0 Å². The van der Waals surface area contributed by atoms with Gasteiger partial charge in [0, 0.05) is 0 Å². The number of rotatable bonds is 0. The van der Waals surface area contributed by atoms with Crippen LogP contribution in [0.1, 0.15) is 13.8 Å². The molecular weight excluding hydrogens is 112 g/mol. The van der Waals surface area contributed by atoms with Gasteiger partial charge < -0.3 is 0 Å². The molecule has 0 amide bonds. The van der Waals surface area contributed by atoms with Crippen molar-refractivity contribution >= 4 is 25.3 Å². The number of hydrogen-bond acceptors (Lipinski definition) is 2. The Morgan fingerprint density at radius 3 is 1.00 bits per heavy atom. The van der Waals surface area contributed by atoms with Crippen molar-refractivity contribution in [2.75, 3.05) is 11.5 Å². The van der Waals surface area contributed by atoms with Crippen molar-refractivity contribution in [1.82, 2.24) is 0 Å². The van der Waals surface area contributed by atoms with Crippen molar-refractivity contribution in [3.63, 3.8) is 0 Å². The SMILES string of the molecule is CCS.CCS. The average molecular weight is 124 g/mol. The van der Waals surface area contributed by atoms with Crippen molar-refractivity contribution in [3.8, 4) is 0 Å². The molecule has 0 aromatic carbocycles. The highest BCUT2D eigenvalue weighted by Gasteiger charge is 1.35. The highest BCUT2D eigenvalue weighted by Crippen LogP contribution is 1.58. The summed E-state index contributed by atoms with van der Waals surface area (Å²) in [5, 5.41) is 0. The monoisotopic (exact) mass is 124 g/mol. The fourth-order valence-corrected chi connectivity index (χ4v) is 0. The van der Waals surface area contributed by atoms with E-state index in [9.17, 15) is 0 Å². The average Bonchev–Trinajstić information content (AvgIpc) is 1.39. The van der Waals surface area contributed by atoms with Crippen LogP contribution in [0.2, 0.25) is 0 Å². The van der Waals surface area contributed by atoms with Crippen LogP contribution in [0.25, 0.3) is 0 Å². The van der Waals surface area contributed by atoms with E-state index in [0.29, 0.717) is 0 Å². The van der Waals surface area contributed by atoms with Gasteiger partial charge in [-0.3, -0.25) is 0 Å². The standard InChI is InChI=1S/2C2H6S/c2*1-2-3/h2*3H,2H2,1H3. The summed E-state index contributed by atoms with van der Waals surface area (Å²) in [5.41, 5.74) is 0. The van der Waals surface area contributed by atoms with E-state index in [4.69, 9.17) is 0 Å². The molecule has 0 atom stereocenters. The maximum atomic E-state index is 3.79. The van der Waals surface area contributed by atoms with Gasteiger partial charge in [0.05, 0.1) is 0 Å². The maximum absolute atomic E-state index is 3.79. The summed E-state index contributed by atoms with van der Waals surface area (Å²) in [6.07, 6.45) is 0. The van der Waals surface area contributed by atoms with Crippen LogP contribution in [0, 0.1) is 0 Å². The van der Waals surface area contributed by atoms with Gasteiger partial charge in [-0.25, -0.2) is 0 Å². The second-order valence-electron chi connectivity index (χ2n) is 0.632. The topological polar surface area (TPSA) is 0 Å². The largest absolute Gasteiger partial charge is 0.180 e. The number of thiol groups is 2. The third-order valence-corrected chi connectivity index (χ3v) is 0. The summed E-state index contributed by atoms with van der Waals surface area (Å²) in [5.74, 6) is 1.89. The summed E-state index contributed by atoms with van der Waals surface area (Å²) < 4.78 is 0. The minimum absolute atomic E-state index is 0.944. The van der Waals surface area contributed by atoms with Crippen LogP contribution in [-0.4, -0.2) is 11.5 Å². The molecule has 0 saturated heterocycles. The zero-order chi connectivity index (χ0) is 5.41. The van der Waals surface area contributed by atoms with Gasteiger partial charge in [-0.05, 0) is 11.5 Å². The molecule has 0 aromatic rings. The highest BCUT2D eigenvalue weighted by atomic mass is 32.1. The molecule has 0 N–H and O–H groups in total. The van der Waals surface area contributed by atoms with Gasteiger partial charge in [-0.2, -0.15) is 25.3 Å². The van der Waals surface area contributed by atoms with Crippen molar-refractivity contribution in [2.45, 2.75) is 13.8 Å². The van der Waals surface area contributed by atoms with Crippen LogP contribution in [0.5, 0.6) is 0 Å².